The molecule has 1 N–H and O–H groups in total. The van der Waals surface area contributed by atoms with E-state index in [-0.39, 0.29) is 11.7 Å². The average Bonchev–Trinajstić information content (AvgIpc) is 2.45. The molecule has 20 heavy (non-hydrogen) atoms. The van der Waals surface area contributed by atoms with Crippen LogP contribution in [0.3, 0.4) is 0 Å². The molecule has 0 aliphatic carbocycles. The Bertz CT molecular complexity index is 605. The molecule has 0 saturated heterocycles. The van der Waals surface area contributed by atoms with Crippen LogP contribution in [0.1, 0.15) is 24.1 Å². The van der Waals surface area contributed by atoms with Gasteiger partial charge in [0.05, 0.1) is 11.0 Å². The first-order valence-electron chi connectivity index (χ1n) is 6.13. The first-order valence-corrected chi connectivity index (χ1v) is 6.13. The quantitative estimate of drug-likeness (QED) is 0.672. The maximum Gasteiger partial charge on any atom is 0.272 e. The van der Waals surface area contributed by atoms with Gasteiger partial charge in [-0.25, -0.2) is 4.39 Å². The summed E-state index contributed by atoms with van der Waals surface area (Å²) < 4.78 is 13.3. The van der Waals surface area contributed by atoms with E-state index in [0.29, 0.717) is 12.1 Å². The predicted molar refractivity (Wildman–Crippen MR) is 72.5 cm³/mol. The summed E-state index contributed by atoms with van der Waals surface area (Å²) in [6.45, 7) is 2.31. The molecule has 0 aliphatic heterocycles. The summed E-state index contributed by atoms with van der Waals surface area (Å²) in [5.74, 6) is -0.604. The van der Waals surface area contributed by atoms with Crippen molar-refractivity contribution in [3.63, 3.8) is 0 Å². The molecule has 2 aromatic rings. The van der Waals surface area contributed by atoms with E-state index in [1.807, 2.05) is 19.1 Å². The largest absolute Gasteiger partial charge is 0.306 e. The van der Waals surface area contributed by atoms with Gasteiger partial charge in [0.15, 0.2) is 0 Å². The summed E-state index contributed by atoms with van der Waals surface area (Å²) >= 11 is 0. The van der Waals surface area contributed by atoms with E-state index >= 15 is 0 Å². The summed E-state index contributed by atoms with van der Waals surface area (Å²) in [5, 5.41) is 13.9. The van der Waals surface area contributed by atoms with E-state index in [1.165, 1.54) is 12.1 Å². The van der Waals surface area contributed by atoms with Crippen molar-refractivity contribution in [3.05, 3.63) is 69.8 Å². The fourth-order valence-corrected chi connectivity index (χ4v) is 1.88. The Labute approximate surface area is 115 Å². The molecular weight excluding hydrogens is 261 g/mol. The number of pyridine rings is 1. The summed E-state index contributed by atoms with van der Waals surface area (Å²) in [6.07, 6.45) is 3.39. The minimum Gasteiger partial charge on any atom is -0.306 e. The van der Waals surface area contributed by atoms with Crippen LogP contribution in [-0.4, -0.2) is 9.91 Å². The average molecular weight is 275 g/mol. The fourth-order valence-electron chi connectivity index (χ4n) is 1.88. The number of non-ortho nitro benzene ring substituents is 1. The summed E-state index contributed by atoms with van der Waals surface area (Å²) in [4.78, 5) is 14.0. The number of hydrogen-bond acceptors (Lipinski definition) is 4. The molecule has 0 aliphatic rings. The van der Waals surface area contributed by atoms with Gasteiger partial charge in [-0.15, -0.1) is 0 Å². The van der Waals surface area contributed by atoms with Crippen molar-refractivity contribution < 1.29 is 9.31 Å². The van der Waals surface area contributed by atoms with Crippen LogP contribution in [0.2, 0.25) is 0 Å². The number of hydrogen-bond donors (Lipinski definition) is 1. The molecule has 1 aromatic carbocycles. The van der Waals surface area contributed by atoms with E-state index in [9.17, 15) is 14.5 Å². The Morgan fingerprint density at radius 2 is 2.05 bits per heavy atom. The minimum atomic E-state index is -0.604. The highest BCUT2D eigenvalue weighted by molar-refractivity contribution is 5.35. The Balaban J connectivity index is 2.06. The van der Waals surface area contributed by atoms with Gasteiger partial charge in [0.1, 0.15) is 5.82 Å². The van der Waals surface area contributed by atoms with Gasteiger partial charge in [0, 0.05) is 31.0 Å². The van der Waals surface area contributed by atoms with Gasteiger partial charge in [-0.05, 0) is 36.2 Å². The smallest absolute Gasteiger partial charge is 0.272 e. The van der Waals surface area contributed by atoms with E-state index in [4.69, 9.17) is 0 Å². The highest BCUT2D eigenvalue weighted by Gasteiger charge is 2.11. The Morgan fingerprint density at radius 3 is 2.70 bits per heavy atom. The lowest BCUT2D eigenvalue weighted by Crippen LogP contribution is -2.18. The van der Waals surface area contributed by atoms with E-state index in [1.54, 1.807) is 12.4 Å². The van der Waals surface area contributed by atoms with Crippen LogP contribution in [-0.2, 0) is 6.54 Å². The van der Waals surface area contributed by atoms with Crippen molar-refractivity contribution in [1.29, 1.82) is 0 Å². The highest BCUT2D eigenvalue weighted by atomic mass is 19.1. The Kier molecular flexibility index (Phi) is 4.37. The molecular formula is C14H14FN3O2. The molecule has 5 nitrogen and oxygen atoms in total. The van der Waals surface area contributed by atoms with Crippen molar-refractivity contribution in [2.24, 2.45) is 0 Å². The standard InChI is InChI=1S/C14H14FN3O2/c1-10(12-2-4-16-5-3-12)17-9-11-6-13(15)8-14(7-11)18(19)20/h2-8,10,17H,9H2,1H3/t10-/m0/s1. The second-order valence-corrected chi connectivity index (χ2v) is 4.46. The lowest BCUT2D eigenvalue weighted by molar-refractivity contribution is -0.385. The third kappa shape index (κ3) is 3.58. The molecule has 0 unspecified atom stereocenters. The van der Waals surface area contributed by atoms with E-state index < -0.39 is 10.7 Å². The Morgan fingerprint density at radius 1 is 1.35 bits per heavy atom. The number of aromatic nitrogens is 1. The van der Waals surface area contributed by atoms with Crippen LogP contribution >= 0.6 is 0 Å². The van der Waals surface area contributed by atoms with Crippen molar-refractivity contribution >= 4 is 5.69 Å². The van der Waals surface area contributed by atoms with E-state index in [2.05, 4.69) is 10.3 Å². The molecule has 1 heterocycles. The van der Waals surface area contributed by atoms with Crippen molar-refractivity contribution in [2.45, 2.75) is 19.5 Å². The number of nitrogens with one attached hydrogen (secondary N) is 1. The third-order valence-electron chi connectivity index (χ3n) is 2.97. The lowest BCUT2D eigenvalue weighted by Gasteiger charge is -2.14. The van der Waals surface area contributed by atoms with Crippen LogP contribution in [0, 0.1) is 15.9 Å². The molecule has 6 heteroatoms. The number of benzene rings is 1. The monoisotopic (exact) mass is 275 g/mol. The molecule has 0 radical (unpaired) electrons. The van der Waals surface area contributed by atoms with Gasteiger partial charge >= 0.3 is 0 Å². The number of nitrogens with zero attached hydrogens (tertiary/aromatic N) is 2. The van der Waals surface area contributed by atoms with Crippen LogP contribution in [0.4, 0.5) is 10.1 Å². The molecule has 0 saturated carbocycles. The SMILES string of the molecule is C[C@H](NCc1cc(F)cc([N+](=O)[O-])c1)c1ccncc1. The summed E-state index contributed by atoms with van der Waals surface area (Å²) in [5.41, 5.74) is 1.35. The normalized spacial score (nSPS) is 12.1. The molecule has 2 rings (SSSR count). The molecule has 0 fully saturated rings. The fraction of sp³-hybridized carbons (Fsp3) is 0.214. The maximum atomic E-state index is 13.3. The summed E-state index contributed by atoms with van der Waals surface area (Å²) in [7, 11) is 0. The van der Waals surface area contributed by atoms with Crippen molar-refractivity contribution in [1.82, 2.24) is 10.3 Å². The zero-order valence-electron chi connectivity index (χ0n) is 10.9. The van der Waals surface area contributed by atoms with Gasteiger partial charge in [0.2, 0.25) is 0 Å². The van der Waals surface area contributed by atoms with Crippen LogP contribution in [0.5, 0.6) is 0 Å². The van der Waals surface area contributed by atoms with Gasteiger partial charge in [-0.2, -0.15) is 0 Å². The van der Waals surface area contributed by atoms with Gasteiger partial charge in [0.25, 0.3) is 5.69 Å². The number of nitro benzene ring substituents is 1. The second kappa shape index (κ2) is 6.21. The van der Waals surface area contributed by atoms with E-state index in [0.717, 1.165) is 11.6 Å². The number of rotatable bonds is 5. The van der Waals surface area contributed by atoms with Crippen LogP contribution < -0.4 is 5.32 Å². The molecule has 0 bridgehead atoms. The topological polar surface area (TPSA) is 68.1 Å². The second-order valence-electron chi connectivity index (χ2n) is 4.46. The third-order valence-corrected chi connectivity index (χ3v) is 2.97. The molecule has 1 aromatic heterocycles. The molecule has 0 spiro atoms. The van der Waals surface area contributed by atoms with Gasteiger partial charge < -0.3 is 5.32 Å². The van der Waals surface area contributed by atoms with Crippen molar-refractivity contribution in [2.75, 3.05) is 0 Å². The van der Waals surface area contributed by atoms with Crippen LogP contribution in [0.15, 0.2) is 42.7 Å². The van der Waals surface area contributed by atoms with Crippen molar-refractivity contribution in [3.8, 4) is 0 Å². The minimum absolute atomic E-state index is 0.0420. The zero-order valence-corrected chi connectivity index (χ0v) is 10.9. The summed E-state index contributed by atoms with van der Waals surface area (Å²) in [6, 6.07) is 7.38. The first-order chi connectivity index (χ1) is 9.56. The van der Waals surface area contributed by atoms with Gasteiger partial charge in [-0.1, -0.05) is 0 Å². The number of nitro groups is 1. The van der Waals surface area contributed by atoms with Crippen LogP contribution in [0.25, 0.3) is 0 Å². The lowest BCUT2D eigenvalue weighted by atomic mass is 10.1. The maximum absolute atomic E-state index is 13.3. The molecule has 0 amide bonds. The molecule has 104 valence electrons. The Hall–Kier alpha value is -2.34. The highest BCUT2D eigenvalue weighted by Crippen LogP contribution is 2.17. The number of halogens is 1. The van der Waals surface area contributed by atoms with Gasteiger partial charge in [-0.3, -0.25) is 15.1 Å². The predicted octanol–water partition coefficient (Wildman–Crippen LogP) is 2.98. The first kappa shape index (κ1) is 14.1. The zero-order chi connectivity index (χ0) is 14.5. The molecule has 1 atom stereocenters.